The predicted octanol–water partition coefficient (Wildman–Crippen LogP) is 12.4. The summed E-state index contributed by atoms with van der Waals surface area (Å²) in [5.41, 5.74) is 15.8. The Hall–Kier alpha value is -6.32. The molecule has 0 N–H and O–H groups in total. The summed E-state index contributed by atoms with van der Waals surface area (Å²) in [5.74, 6) is 0. The molecular weight excluding hydrogens is 595 g/mol. The van der Waals surface area contributed by atoms with Crippen LogP contribution in [0.5, 0.6) is 0 Å². The molecule has 7 aromatic carbocycles. The molecule has 0 atom stereocenters. The van der Waals surface area contributed by atoms with E-state index in [4.69, 9.17) is 9.97 Å². The number of hydrogen-bond acceptors (Lipinski definition) is 3. The molecule has 0 aliphatic rings. The predicted molar refractivity (Wildman–Crippen MR) is 205 cm³/mol. The van der Waals surface area contributed by atoms with Crippen molar-refractivity contribution in [1.29, 1.82) is 0 Å². The van der Waals surface area contributed by atoms with Crippen LogP contribution in [0.25, 0.3) is 55.8 Å². The summed E-state index contributed by atoms with van der Waals surface area (Å²) in [6.45, 7) is 4.43. The summed E-state index contributed by atoms with van der Waals surface area (Å²) in [5, 5.41) is 0. The van der Waals surface area contributed by atoms with E-state index in [1.807, 2.05) is 6.07 Å². The third-order valence-electron chi connectivity index (χ3n) is 9.28. The minimum absolute atomic E-state index is 0.857. The van der Waals surface area contributed by atoms with Gasteiger partial charge in [-0.15, -0.1) is 0 Å². The molecular formula is C46H35N3. The van der Waals surface area contributed by atoms with E-state index in [2.05, 4.69) is 189 Å². The third-order valence-corrected chi connectivity index (χ3v) is 9.28. The first kappa shape index (κ1) is 30.0. The van der Waals surface area contributed by atoms with Crippen LogP contribution in [-0.2, 0) is 0 Å². The van der Waals surface area contributed by atoms with Crippen LogP contribution < -0.4 is 4.90 Å². The number of fused-ring (bicyclic) bond motifs is 1. The quantitative estimate of drug-likeness (QED) is 0.176. The Morgan fingerprint density at radius 1 is 0.327 bits per heavy atom. The second-order valence-corrected chi connectivity index (χ2v) is 12.3. The highest BCUT2D eigenvalue weighted by Crippen LogP contribution is 2.43. The maximum Gasteiger partial charge on any atom is 0.0982 e. The molecule has 1 heterocycles. The molecule has 3 nitrogen and oxygen atoms in total. The van der Waals surface area contributed by atoms with E-state index in [0.29, 0.717) is 0 Å². The van der Waals surface area contributed by atoms with Crippen molar-refractivity contribution in [3.63, 3.8) is 0 Å². The molecule has 0 saturated heterocycles. The Balaban J connectivity index is 1.39. The van der Waals surface area contributed by atoms with Crippen LogP contribution in [0.2, 0.25) is 0 Å². The number of para-hydroxylation sites is 2. The van der Waals surface area contributed by atoms with Gasteiger partial charge in [0.15, 0.2) is 0 Å². The van der Waals surface area contributed by atoms with Gasteiger partial charge in [-0.05, 0) is 72.5 Å². The molecule has 234 valence electrons. The van der Waals surface area contributed by atoms with E-state index >= 15 is 0 Å². The minimum Gasteiger partial charge on any atom is -0.311 e. The fraction of sp³-hybridized carbons (Fsp3) is 0.0435. The van der Waals surface area contributed by atoms with Gasteiger partial charge >= 0.3 is 0 Å². The van der Waals surface area contributed by atoms with Gasteiger partial charge in [0.25, 0.3) is 0 Å². The highest BCUT2D eigenvalue weighted by atomic mass is 15.1. The van der Waals surface area contributed by atoms with Crippen molar-refractivity contribution in [1.82, 2.24) is 9.97 Å². The van der Waals surface area contributed by atoms with Crippen molar-refractivity contribution in [3.05, 3.63) is 187 Å². The second-order valence-electron chi connectivity index (χ2n) is 12.3. The van der Waals surface area contributed by atoms with Gasteiger partial charge in [0.05, 0.1) is 22.4 Å². The van der Waals surface area contributed by atoms with E-state index in [1.54, 1.807) is 0 Å². The van der Waals surface area contributed by atoms with Gasteiger partial charge in [-0.25, -0.2) is 9.97 Å². The zero-order valence-electron chi connectivity index (χ0n) is 27.6. The second kappa shape index (κ2) is 13.1. The number of aromatic nitrogens is 2. The number of anilines is 3. The lowest BCUT2D eigenvalue weighted by Gasteiger charge is -2.25. The van der Waals surface area contributed by atoms with Crippen molar-refractivity contribution in [2.24, 2.45) is 0 Å². The molecule has 0 radical (unpaired) electrons. The van der Waals surface area contributed by atoms with Crippen LogP contribution in [0, 0.1) is 13.8 Å². The van der Waals surface area contributed by atoms with Crippen LogP contribution in [0.1, 0.15) is 11.1 Å². The van der Waals surface area contributed by atoms with Gasteiger partial charge in [-0.1, -0.05) is 140 Å². The molecule has 0 fully saturated rings. The normalized spacial score (nSPS) is 11.1. The maximum absolute atomic E-state index is 5.60. The van der Waals surface area contributed by atoms with E-state index in [9.17, 15) is 0 Å². The van der Waals surface area contributed by atoms with E-state index in [1.165, 1.54) is 11.1 Å². The van der Waals surface area contributed by atoms with E-state index < -0.39 is 0 Å². The van der Waals surface area contributed by atoms with E-state index in [0.717, 1.165) is 72.9 Å². The van der Waals surface area contributed by atoms with Crippen molar-refractivity contribution >= 4 is 28.1 Å². The summed E-state index contributed by atoms with van der Waals surface area (Å²) in [6.07, 6.45) is 0. The summed E-state index contributed by atoms with van der Waals surface area (Å²) in [4.78, 5) is 13.4. The Morgan fingerprint density at radius 3 is 1.02 bits per heavy atom. The smallest absolute Gasteiger partial charge is 0.0982 e. The molecule has 3 heteroatoms. The molecule has 0 aliphatic carbocycles. The highest BCUT2D eigenvalue weighted by molar-refractivity contribution is 6.05. The van der Waals surface area contributed by atoms with Gasteiger partial charge in [0, 0.05) is 39.3 Å². The zero-order chi connectivity index (χ0) is 33.2. The van der Waals surface area contributed by atoms with Crippen molar-refractivity contribution < 1.29 is 0 Å². The minimum atomic E-state index is 0.857. The third kappa shape index (κ3) is 5.66. The summed E-state index contributed by atoms with van der Waals surface area (Å²) in [6, 6.07) is 61.3. The average Bonchev–Trinajstić information content (AvgIpc) is 3.17. The molecule has 0 aliphatic heterocycles. The summed E-state index contributed by atoms with van der Waals surface area (Å²) >= 11 is 0. The van der Waals surface area contributed by atoms with Crippen LogP contribution in [0.3, 0.4) is 0 Å². The molecule has 8 rings (SSSR count). The molecule has 0 unspecified atom stereocenters. The Kier molecular flexibility index (Phi) is 8.01. The average molecular weight is 630 g/mol. The molecule has 1 aromatic heterocycles. The van der Waals surface area contributed by atoms with Crippen molar-refractivity contribution in [2.75, 3.05) is 4.90 Å². The van der Waals surface area contributed by atoms with Gasteiger partial charge in [-0.3, -0.25) is 0 Å². The molecule has 49 heavy (non-hydrogen) atoms. The first-order valence-corrected chi connectivity index (χ1v) is 16.7. The lowest BCUT2D eigenvalue weighted by Crippen LogP contribution is -2.09. The molecule has 0 saturated carbocycles. The van der Waals surface area contributed by atoms with Crippen LogP contribution >= 0.6 is 0 Å². The molecule has 8 aromatic rings. The SMILES string of the molecule is Cc1c(C)c(-c2ccccc2)c2nc(-c3ccc(N(c4ccccc4)c4ccccc4)cc3)c(-c3ccccc3)nc2c1-c1ccccc1. The first-order valence-electron chi connectivity index (χ1n) is 16.7. The van der Waals surface area contributed by atoms with Gasteiger partial charge in [-0.2, -0.15) is 0 Å². The largest absolute Gasteiger partial charge is 0.311 e. The van der Waals surface area contributed by atoms with Crippen molar-refractivity contribution in [3.8, 4) is 44.8 Å². The Bertz CT molecular complexity index is 2320. The zero-order valence-corrected chi connectivity index (χ0v) is 27.6. The summed E-state index contributed by atoms with van der Waals surface area (Å²) < 4.78 is 0. The standard InChI is InChI=1S/C46H35N3/c1-32-33(2)42(35-20-10-4-11-21-35)46-45(41(32)34-18-8-3-9-19-34)47-43(36-22-12-5-13-23-36)44(48-46)37-28-30-40(31-29-37)49(38-24-14-6-15-25-38)39-26-16-7-17-27-39/h3-31H,1-2H3. The number of rotatable bonds is 7. The van der Waals surface area contributed by atoms with E-state index in [-0.39, 0.29) is 0 Å². The number of benzene rings is 7. The van der Waals surface area contributed by atoms with Crippen LogP contribution in [0.4, 0.5) is 17.1 Å². The Labute approximate surface area is 287 Å². The highest BCUT2D eigenvalue weighted by Gasteiger charge is 2.23. The molecule has 0 bridgehead atoms. The fourth-order valence-corrected chi connectivity index (χ4v) is 6.80. The monoisotopic (exact) mass is 629 g/mol. The first-order chi connectivity index (χ1) is 24.2. The fourth-order valence-electron chi connectivity index (χ4n) is 6.80. The number of hydrogen-bond donors (Lipinski definition) is 0. The molecule has 0 spiro atoms. The lowest BCUT2D eigenvalue weighted by molar-refractivity contribution is 1.26. The van der Waals surface area contributed by atoms with Gasteiger partial charge in [0.2, 0.25) is 0 Å². The number of nitrogens with zero attached hydrogens (tertiary/aromatic N) is 3. The van der Waals surface area contributed by atoms with Gasteiger partial charge < -0.3 is 4.90 Å². The Morgan fingerprint density at radius 2 is 0.633 bits per heavy atom. The maximum atomic E-state index is 5.60. The van der Waals surface area contributed by atoms with Gasteiger partial charge in [0.1, 0.15) is 0 Å². The van der Waals surface area contributed by atoms with Crippen LogP contribution in [-0.4, -0.2) is 9.97 Å². The molecule has 0 amide bonds. The summed E-state index contributed by atoms with van der Waals surface area (Å²) in [7, 11) is 0. The van der Waals surface area contributed by atoms with Crippen LogP contribution in [0.15, 0.2) is 176 Å². The van der Waals surface area contributed by atoms with Crippen molar-refractivity contribution in [2.45, 2.75) is 13.8 Å². The topological polar surface area (TPSA) is 29.0 Å². The lowest BCUT2D eigenvalue weighted by atomic mass is 9.88.